The Balaban J connectivity index is 2.18. The molecule has 0 heterocycles. The van der Waals surface area contributed by atoms with Crippen molar-refractivity contribution in [2.45, 2.75) is 13.8 Å². The van der Waals surface area contributed by atoms with E-state index < -0.39 is 17.5 Å². The lowest BCUT2D eigenvalue weighted by molar-refractivity contribution is 0.0772. The molecular formula is C18H18F2N2O2. The van der Waals surface area contributed by atoms with Gasteiger partial charge in [-0.05, 0) is 50.2 Å². The number of hydrogen-bond donors (Lipinski definition) is 1. The lowest BCUT2D eigenvalue weighted by Gasteiger charge is -2.19. The van der Waals surface area contributed by atoms with E-state index in [1.165, 1.54) is 6.07 Å². The van der Waals surface area contributed by atoms with Gasteiger partial charge in [-0.3, -0.25) is 9.59 Å². The Morgan fingerprint density at radius 3 is 2.29 bits per heavy atom. The Hall–Kier alpha value is -2.76. The van der Waals surface area contributed by atoms with E-state index in [1.807, 2.05) is 13.8 Å². The van der Waals surface area contributed by atoms with E-state index in [0.29, 0.717) is 24.3 Å². The molecule has 0 atom stereocenters. The van der Waals surface area contributed by atoms with Crippen molar-refractivity contribution in [3.63, 3.8) is 0 Å². The van der Waals surface area contributed by atoms with Crippen molar-refractivity contribution >= 4 is 17.5 Å². The summed E-state index contributed by atoms with van der Waals surface area (Å²) in [5, 5.41) is 2.58. The Labute approximate surface area is 139 Å². The van der Waals surface area contributed by atoms with Gasteiger partial charge in [0.2, 0.25) is 0 Å². The summed E-state index contributed by atoms with van der Waals surface area (Å²) >= 11 is 0. The Kier molecular flexibility index (Phi) is 5.63. The maximum Gasteiger partial charge on any atom is 0.255 e. The normalized spacial score (nSPS) is 10.3. The molecule has 0 spiro atoms. The molecule has 2 rings (SSSR count). The van der Waals surface area contributed by atoms with Gasteiger partial charge in [-0.2, -0.15) is 0 Å². The van der Waals surface area contributed by atoms with Gasteiger partial charge in [0.1, 0.15) is 0 Å². The molecular weight excluding hydrogens is 314 g/mol. The number of carbonyl (C=O) groups excluding carboxylic acids is 2. The third-order valence-corrected chi connectivity index (χ3v) is 3.60. The summed E-state index contributed by atoms with van der Waals surface area (Å²) in [4.78, 5) is 26.1. The van der Waals surface area contributed by atoms with E-state index >= 15 is 0 Å². The van der Waals surface area contributed by atoms with Crippen molar-refractivity contribution in [1.29, 1.82) is 0 Å². The van der Waals surface area contributed by atoms with Gasteiger partial charge < -0.3 is 10.2 Å². The first-order valence-corrected chi connectivity index (χ1v) is 7.62. The van der Waals surface area contributed by atoms with Gasteiger partial charge in [0, 0.05) is 29.9 Å². The van der Waals surface area contributed by atoms with Crippen LogP contribution in [0.15, 0.2) is 42.5 Å². The highest BCUT2D eigenvalue weighted by molar-refractivity contribution is 6.05. The summed E-state index contributed by atoms with van der Waals surface area (Å²) in [5.74, 6) is -2.82. The second-order valence-corrected chi connectivity index (χ2v) is 5.14. The minimum absolute atomic E-state index is 0.00521. The van der Waals surface area contributed by atoms with Gasteiger partial charge in [0.15, 0.2) is 11.6 Å². The zero-order valence-electron chi connectivity index (χ0n) is 13.5. The largest absolute Gasteiger partial charge is 0.339 e. The number of carbonyl (C=O) groups is 2. The number of amides is 2. The van der Waals surface area contributed by atoms with Crippen LogP contribution in [0.25, 0.3) is 0 Å². The highest BCUT2D eigenvalue weighted by atomic mass is 19.2. The van der Waals surface area contributed by atoms with Gasteiger partial charge in [0.25, 0.3) is 11.8 Å². The van der Waals surface area contributed by atoms with Gasteiger partial charge >= 0.3 is 0 Å². The summed E-state index contributed by atoms with van der Waals surface area (Å²) in [6, 6.07) is 9.40. The Morgan fingerprint density at radius 2 is 1.67 bits per heavy atom. The molecule has 2 amide bonds. The number of halogens is 2. The molecule has 24 heavy (non-hydrogen) atoms. The Morgan fingerprint density at radius 1 is 0.958 bits per heavy atom. The second kappa shape index (κ2) is 7.68. The average Bonchev–Trinajstić information content (AvgIpc) is 2.58. The highest BCUT2D eigenvalue weighted by Crippen LogP contribution is 2.15. The molecule has 0 aliphatic rings. The van der Waals surface area contributed by atoms with E-state index in [0.717, 1.165) is 12.1 Å². The fraction of sp³-hybridized carbons (Fsp3) is 0.222. The van der Waals surface area contributed by atoms with Crippen molar-refractivity contribution in [2.75, 3.05) is 18.4 Å². The Bertz CT molecular complexity index is 758. The lowest BCUT2D eigenvalue weighted by atomic mass is 10.1. The van der Waals surface area contributed by atoms with Crippen LogP contribution in [0.2, 0.25) is 0 Å². The van der Waals surface area contributed by atoms with Crippen LogP contribution in [-0.2, 0) is 0 Å². The molecule has 6 heteroatoms. The molecule has 0 aliphatic heterocycles. The monoisotopic (exact) mass is 332 g/mol. The smallest absolute Gasteiger partial charge is 0.255 e. The first-order valence-electron chi connectivity index (χ1n) is 7.62. The molecule has 0 fully saturated rings. The third kappa shape index (κ3) is 3.95. The predicted molar refractivity (Wildman–Crippen MR) is 88.0 cm³/mol. The van der Waals surface area contributed by atoms with Crippen LogP contribution < -0.4 is 5.32 Å². The standard InChI is InChI=1S/C18H18F2N2O2/c1-3-22(4-2)18(24)13-6-5-7-14(10-13)21-17(23)12-8-9-15(19)16(20)11-12/h5-11H,3-4H2,1-2H3,(H,21,23). The van der Waals surface area contributed by atoms with Crippen LogP contribution in [0.1, 0.15) is 34.6 Å². The van der Waals surface area contributed by atoms with Crippen LogP contribution in [0.3, 0.4) is 0 Å². The quantitative estimate of drug-likeness (QED) is 0.907. The maximum absolute atomic E-state index is 13.2. The summed E-state index contributed by atoms with van der Waals surface area (Å²) < 4.78 is 26.1. The maximum atomic E-state index is 13.2. The van der Waals surface area contributed by atoms with Gasteiger partial charge in [-0.1, -0.05) is 6.07 Å². The second-order valence-electron chi connectivity index (χ2n) is 5.14. The number of hydrogen-bond acceptors (Lipinski definition) is 2. The van der Waals surface area contributed by atoms with Crippen LogP contribution >= 0.6 is 0 Å². The van der Waals surface area contributed by atoms with Crippen molar-refractivity contribution in [1.82, 2.24) is 4.90 Å². The number of rotatable bonds is 5. The third-order valence-electron chi connectivity index (χ3n) is 3.60. The SMILES string of the molecule is CCN(CC)C(=O)c1cccc(NC(=O)c2ccc(F)c(F)c2)c1. The number of nitrogens with one attached hydrogen (secondary N) is 1. The molecule has 0 saturated carbocycles. The number of anilines is 1. The number of benzene rings is 2. The molecule has 0 aliphatic carbocycles. The highest BCUT2D eigenvalue weighted by Gasteiger charge is 2.14. The summed E-state index contributed by atoms with van der Waals surface area (Å²) in [7, 11) is 0. The van der Waals surface area contributed by atoms with Crippen LogP contribution in [0.4, 0.5) is 14.5 Å². The van der Waals surface area contributed by atoms with E-state index in [4.69, 9.17) is 0 Å². The molecule has 4 nitrogen and oxygen atoms in total. The first-order chi connectivity index (χ1) is 11.5. The zero-order valence-corrected chi connectivity index (χ0v) is 13.5. The number of nitrogens with zero attached hydrogens (tertiary/aromatic N) is 1. The summed E-state index contributed by atoms with van der Waals surface area (Å²) in [6.45, 7) is 4.94. The van der Waals surface area contributed by atoms with E-state index in [2.05, 4.69) is 5.32 Å². The van der Waals surface area contributed by atoms with Gasteiger partial charge in [0.05, 0.1) is 0 Å². The van der Waals surface area contributed by atoms with Crippen molar-refractivity contribution in [3.8, 4) is 0 Å². The average molecular weight is 332 g/mol. The zero-order chi connectivity index (χ0) is 17.7. The lowest BCUT2D eigenvalue weighted by Crippen LogP contribution is -2.30. The van der Waals surface area contributed by atoms with Gasteiger partial charge in [-0.15, -0.1) is 0 Å². The molecule has 0 saturated heterocycles. The minimum atomic E-state index is -1.09. The van der Waals surface area contributed by atoms with Crippen molar-refractivity contribution in [2.24, 2.45) is 0 Å². The van der Waals surface area contributed by atoms with Crippen molar-refractivity contribution < 1.29 is 18.4 Å². The molecule has 126 valence electrons. The van der Waals surface area contributed by atoms with Crippen LogP contribution in [-0.4, -0.2) is 29.8 Å². The summed E-state index contributed by atoms with van der Waals surface area (Å²) in [5.41, 5.74) is 0.846. The van der Waals surface area contributed by atoms with Gasteiger partial charge in [-0.25, -0.2) is 8.78 Å². The summed E-state index contributed by atoms with van der Waals surface area (Å²) in [6.07, 6.45) is 0. The first kappa shape index (κ1) is 17.6. The molecule has 2 aromatic carbocycles. The molecule has 0 aromatic heterocycles. The van der Waals surface area contributed by atoms with E-state index in [-0.39, 0.29) is 11.5 Å². The van der Waals surface area contributed by atoms with Crippen LogP contribution in [0, 0.1) is 11.6 Å². The van der Waals surface area contributed by atoms with Crippen LogP contribution in [0.5, 0.6) is 0 Å². The fourth-order valence-electron chi connectivity index (χ4n) is 2.26. The molecule has 1 N–H and O–H groups in total. The molecule has 0 unspecified atom stereocenters. The van der Waals surface area contributed by atoms with E-state index in [1.54, 1.807) is 29.2 Å². The van der Waals surface area contributed by atoms with E-state index in [9.17, 15) is 18.4 Å². The topological polar surface area (TPSA) is 49.4 Å². The molecule has 2 aromatic rings. The molecule has 0 radical (unpaired) electrons. The fourth-order valence-corrected chi connectivity index (χ4v) is 2.26. The predicted octanol–water partition coefficient (Wildman–Crippen LogP) is 3.70. The molecule has 0 bridgehead atoms. The van der Waals surface area contributed by atoms with Crippen molar-refractivity contribution in [3.05, 3.63) is 65.2 Å². The minimum Gasteiger partial charge on any atom is -0.339 e.